The van der Waals surface area contributed by atoms with Crippen LogP contribution < -0.4 is 0 Å². The molecule has 22 heavy (non-hydrogen) atoms. The summed E-state index contributed by atoms with van der Waals surface area (Å²) in [5.41, 5.74) is 0. The van der Waals surface area contributed by atoms with E-state index in [-0.39, 0.29) is 6.29 Å². The predicted molar refractivity (Wildman–Crippen MR) is 83.3 cm³/mol. The van der Waals surface area contributed by atoms with Crippen molar-refractivity contribution in [3.05, 3.63) is 12.4 Å². The molecule has 1 atom stereocenters. The van der Waals surface area contributed by atoms with Gasteiger partial charge in [0.05, 0.1) is 12.8 Å². The monoisotopic (exact) mass is 308 g/mol. The Kier molecular flexibility index (Phi) is 6.21. The van der Waals surface area contributed by atoms with Crippen LogP contribution in [-0.2, 0) is 16.0 Å². The SMILES string of the molecule is c1cn(CC2CCN(CCCOC3CCCCO3)CC2)nn1. The van der Waals surface area contributed by atoms with Crippen molar-refractivity contribution in [2.75, 3.05) is 32.8 Å². The zero-order valence-corrected chi connectivity index (χ0v) is 13.4. The topological polar surface area (TPSA) is 52.4 Å². The van der Waals surface area contributed by atoms with Gasteiger partial charge >= 0.3 is 0 Å². The van der Waals surface area contributed by atoms with Crippen molar-refractivity contribution >= 4 is 0 Å². The van der Waals surface area contributed by atoms with Gasteiger partial charge in [0.1, 0.15) is 0 Å². The number of rotatable bonds is 7. The van der Waals surface area contributed by atoms with Crippen LogP contribution in [-0.4, -0.2) is 59.0 Å². The average molecular weight is 308 g/mol. The molecule has 0 N–H and O–H groups in total. The Bertz CT molecular complexity index is 398. The lowest BCUT2D eigenvalue weighted by Crippen LogP contribution is -2.36. The molecule has 0 bridgehead atoms. The molecule has 3 heterocycles. The highest BCUT2D eigenvalue weighted by Gasteiger charge is 2.20. The number of piperidine rings is 1. The molecule has 6 nitrogen and oxygen atoms in total. The van der Waals surface area contributed by atoms with E-state index in [1.54, 1.807) is 6.20 Å². The highest BCUT2D eigenvalue weighted by atomic mass is 16.7. The van der Waals surface area contributed by atoms with Crippen LogP contribution in [0.3, 0.4) is 0 Å². The molecule has 0 aliphatic carbocycles. The Morgan fingerprint density at radius 3 is 2.82 bits per heavy atom. The zero-order chi connectivity index (χ0) is 15.0. The molecule has 0 spiro atoms. The van der Waals surface area contributed by atoms with E-state index in [2.05, 4.69) is 15.2 Å². The summed E-state index contributed by atoms with van der Waals surface area (Å²) in [6.45, 7) is 6.23. The number of aromatic nitrogens is 3. The predicted octanol–water partition coefficient (Wildman–Crippen LogP) is 1.92. The quantitative estimate of drug-likeness (QED) is 0.720. The summed E-state index contributed by atoms with van der Waals surface area (Å²) in [5.74, 6) is 0.741. The van der Waals surface area contributed by atoms with Crippen molar-refractivity contribution in [2.24, 2.45) is 5.92 Å². The molecule has 3 rings (SSSR count). The normalized spacial score (nSPS) is 24.6. The molecule has 0 radical (unpaired) electrons. The smallest absolute Gasteiger partial charge is 0.157 e. The van der Waals surface area contributed by atoms with E-state index >= 15 is 0 Å². The molecule has 2 aliphatic heterocycles. The molecule has 2 fully saturated rings. The third-order valence-corrected chi connectivity index (χ3v) is 4.68. The minimum atomic E-state index is 0.0576. The molecule has 0 aromatic carbocycles. The lowest BCUT2D eigenvalue weighted by atomic mass is 9.97. The maximum absolute atomic E-state index is 5.80. The minimum Gasteiger partial charge on any atom is -0.353 e. The van der Waals surface area contributed by atoms with Gasteiger partial charge in [-0.3, -0.25) is 4.68 Å². The van der Waals surface area contributed by atoms with Crippen molar-refractivity contribution < 1.29 is 9.47 Å². The van der Waals surface area contributed by atoms with E-state index < -0.39 is 0 Å². The number of likely N-dealkylation sites (tertiary alicyclic amines) is 1. The van der Waals surface area contributed by atoms with Gasteiger partial charge in [0.25, 0.3) is 0 Å². The van der Waals surface area contributed by atoms with Crippen molar-refractivity contribution in [1.82, 2.24) is 19.9 Å². The number of nitrogens with zero attached hydrogens (tertiary/aromatic N) is 4. The Balaban J connectivity index is 1.24. The number of ether oxygens (including phenoxy) is 2. The Morgan fingerprint density at radius 2 is 2.09 bits per heavy atom. The van der Waals surface area contributed by atoms with Crippen molar-refractivity contribution in [3.8, 4) is 0 Å². The summed E-state index contributed by atoms with van der Waals surface area (Å²) in [6, 6.07) is 0. The van der Waals surface area contributed by atoms with E-state index in [4.69, 9.17) is 9.47 Å². The largest absolute Gasteiger partial charge is 0.353 e. The molecule has 1 unspecified atom stereocenters. The summed E-state index contributed by atoms with van der Waals surface area (Å²) in [7, 11) is 0. The van der Waals surface area contributed by atoms with Crippen LogP contribution in [0.5, 0.6) is 0 Å². The zero-order valence-electron chi connectivity index (χ0n) is 13.4. The second kappa shape index (κ2) is 8.60. The summed E-state index contributed by atoms with van der Waals surface area (Å²) in [6.07, 6.45) is 10.9. The fourth-order valence-corrected chi connectivity index (χ4v) is 3.33. The van der Waals surface area contributed by atoms with Gasteiger partial charge in [-0.1, -0.05) is 5.21 Å². The Hall–Kier alpha value is -0.980. The minimum absolute atomic E-state index is 0.0576. The average Bonchev–Trinajstić information content (AvgIpc) is 3.07. The first-order valence-electron chi connectivity index (χ1n) is 8.70. The van der Waals surface area contributed by atoms with Gasteiger partial charge in [0, 0.05) is 25.9 Å². The lowest BCUT2D eigenvalue weighted by molar-refractivity contribution is -0.163. The van der Waals surface area contributed by atoms with E-state index in [0.717, 1.165) is 45.1 Å². The van der Waals surface area contributed by atoms with Gasteiger partial charge in [0.15, 0.2) is 6.29 Å². The molecular formula is C16H28N4O2. The van der Waals surface area contributed by atoms with Crippen LogP contribution in [0.4, 0.5) is 0 Å². The van der Waals surface area contributed by atoms with Crippen molar-refractivity contribution in [1.29, 1.82) is 0 Å². The first-order chi connectivity index (χ1) is 10.9. The van der Waals surface area contributed by atoms with Crippen LogP contribution in [0.1, 0.15) is 38.5 Å². The summed E-state index contributed by atoms with van der Waals surface area (Å²) in [5, 5.41) is 7.93. The van der Waals surface area contributed by atoms with E-state index in [1.807, 2.05) is 10.9 Å². The van der Waals surface area contributed by atoms with Crippen LogP contribution in [0, 0.1) is 5.92 Å². The highest BCUT2D eigenvalue weighted by Crippen LogP contribution is 2.19. The number of hydrogen-bond donors (Lipinski definition) is 0. The van der Waals surface area contributed by atoms with E-state index in [0.29, 0.717) is 0 Å². The molecule has 6 heteroatoms. The van der Waals surface area contributed by atoms with Gasteiger partial charge in [-0.15, -0.1) is 5.10 Å². The summed E-state index contributed by atoms with van der Waals surface area (Å²) >= 11 is 0. The Morgan fingerprint density at radius 1 is 1.18 bits per heavy atom. The van der Waals surface area contributed by atoms with Crippen molar-refractivity contribution in [3.63, 3.8) is 0 Å². The third-order valence-electron chi connectivity index (χ3n) is 4.68. The first kappa shape index (κ1) is 15.9. The molecule has 1 aromatic rings. The van der Waals surface area contributed by atoms with Gasteiger partial charge in [-0.25, -0.2) is 0 Å². The fraction of sp³-hybridized carbons (Fsp3) is 0.875. The molecule has 2 aliphatic rings. The van der Waals surface area contributed by atoms with E-state index in [9.17, 15) is 0 Å². The summed E-state index contributed by atoms with van der Waals surface area (Å²) < 4.78 is 13.3. The summed E-state index contributed by atoms with van der Waals surface area (Å²) in [4.78, 5) is 2.56. The second-order valence-corrected chi connectivity index (χ2v) is 6.43. The lowest BCUT2D eigenvalue weighted by Gasteiger charge is -2.32. The molecule has 1 aromatic heterocycles. The molecule has 2 saturated heterocycles. The van der Waals surface area contributed by atoms with E-state index in [1.165, 1.54) is 38.8 Å². The molecule has 124 valence electrons. The first-order valence-corrected chi connectivity index (χ1v) is 8.70. The molecule has 0 amide bonds. The van der Waals surface area contributed by atoms with Crippen LogP contribution in [0.25, 0.3) is 0 Å². The fourth-order valence-electron chi connectivity index (χ4n) is 3.33. The molecule has 0 saturated carbocycles. The van der Waals surface area contributed by atoms with Gasteiger partial charge in [-0.05, 0) is 57.5 Å². The highest BCUT2D eigenvalue weighted by molar-refractivity contribution is 4.74. The van der Waals surface area contributed by atoms with Gasteiger partial charge in [-0.2, -0.15) is 0 Å². The maximum Gasteiger partial charge on any atom is 0.157 e. The van der Waals surface area contributed by atoms with Crippen LogP contribution in [0.15, 0.2) is 12.4 Å². The standard InChI is InChI=1S/C16H28N4O2/c1-2-12-21-16(4-1)22-13-3-8-19-9-5-15(6-10-19)14-20-11-7-17-18-20/h7,11,15-16H,1-6,8-10,12-14H2. The Labute approximate surface area is 132 Å². The second-order valence-electron chi connectivity index (χ2n) is 6.43. The van der Waals surface area contributed by atoms with Gasteiger partial charge in [0.2, 0.25) is 0 Å². The van der Waals surface area contributed by atoms with Crippen molar-refractivity contribution in [2.45, 2.75) is 51.4 Å². The number of hydrogen-bond acceptors (Lipinski definition) is 5. The molecular weight excluding hydrogens is 280 g/mol. The van der Waals surface area contributed by atoms with Gasteiger partial charge < -0.3 is 14.4 Å². The van der Waals surface area contributed by atoms with Crippen LogP contribution >= 0.6 is 0 Å². The third kappa shape index (κ3) is 5.04. The van der Waals surface area contributed by atoms with Crippen LogP contribution in [0.2, 0.25) is 0 Å². The maximum atomic E-state index is 5.80.